The van der Waals surface area contributed by atoms with E-state index in [0.29, 0.717) is 6.54 Å². The highest BCUT2D eigenvalue weighted by molar-refractivity contribution is 5.94. The minimum Gasteiger partial charge on any atom is -0.381 e. The number of carbonyl (C=O) groups excluding carboxylic acids is 1. The minimum atomic E-state index is -0.764. The lowest BCUT2D eigenvalue weighted by Crippen LogP contribution is -2.41. The number of amides is 1. The average molecular weight is 284 g/mol. The predicted molar refractivity (Wildman–Crippen MR) is 76.9 cm³/mol. The number of halogens is 2. The van der Waals surface area contributed by atoms with Crippen molar-refractivity contribution < 1.29 is 13.6 Å². The molecule has 0 spiro atoms. The van der Waals surface area contributed by atoms with E-state index < -0.39 is 17.5 Å². The third-order valence-corrected chi connectivity index (χ3v) is 3.30. The van der Waals surface area contributed by atoms with Gasteiger partial charge in [-0.25, -0.2) is 8.78 Å². The molecule has 3 nitrogen and oxygen atoms in total. The molecule has 1 rings (SSSR count). The van der Waals surface area contributed by atoms with Gasteiger partial charge in [0.05, 0.1) is 0 Å². The standard InChI is InChI=1S/C15H22F2N2O/c1-6-18-13-11(16)7-10(8-12(13)17)14(20)19-9(2)15(3,4)5/h7-9,18H,6H2,1-5H3,(H,19,20). The van der Waals surface area contributed by atoms with Crippen LogP contribution in [0.25, 0.3) is 0 Å². The van der Waals surface area contributed by atoms with Crippen LogP contribution in [0.15, 0.2) is 12.1 Å². The summed E-state index contributed by atoms with van der Waals surface area (Å²) in [5.41, 5.74) is -0.345. The summed E-state index contributed by atoms with van der Waals surface area (Å²) in [7, 11) is 0. The minimum absolute atomic E-state index is 0.0160. The number of hydrogen-bond acceptors (Lipinski definition) is 2. The van der Waals surface area contributed by atoms with Crippen molar-refractivity contribution in [1.29, 1.82) is 0 Å². The first-order valence-corrected chi connectivity index (χ1v) is 6.70. The topological polar surface area (TPSA) is 41.1 Å². The molecule has 0 bridgehead atoms. The van der Waals surface area contributed by atoms with Gasteiger partial charge in [-0.2, -0.15) is 0 Å². The van der Waals surface area contributed by atoms with Crippen LogP contribution in [0.1, 0.15) is 45.0 Å². The highest BCUT2D eigenvalue weighted by atomic mass is 19.1. The van der Waals surface area contributed by atoms with Crippen LogP contribution in [0.4, 0.5) is 14.5 Å². The van der Waals surface area contributed by atoms with Gasteiger partial charge in [0.2, 0.25) is 0 Å². The molecule has 0 saturated heterocycles. The zero-order valence-electron chi connectivity index (χ0n) is 12.6. The summed E-state index contributed by atoms with van der Waals surface area (Å²) in [6, 6.07) is 1.98. The van der Waals surface area contributed by atoms with Crippen LogP contribution in [-0.4, -0.2) is 18.5 Å². The lowest BCUT2D eigenvalue weighted by atomic mass is 9.88. The molecule has 0 aliphatic carbocycles. The average Bonchev–Trinajstić information content (AvgIpc) is 2.32. The van der Waals surface area contributed by atoms with E-state index in [2.05, 4.69) is 10.6 Å². The Morgan fingerprint density at radius 3 is 2.15 bits per heavy atom. The van der Waals surface area contributed by atoms with Gasteiger partial charge in [-0.3, -0.25) is 4.79 Å². The van der Waals surface area contributed by atoms with E-state index in [1.54, 1.807) is 6.92 Å². The molecule has 112 valence electrons. The van der Waals surface area contributed by atoms with Gasteiger partial charge in [0, 0.05) is 18.2 Å². The van der Waals surface area contributed by atoms with E-state index in [1.165, 1.54) is 0 Å². The molecule has 0 radical (unpaired) electrons. The summed E-state index contributed by atoms with van der Waals surface area (Å²) in [5, 5.41) is 5.34. The van der Waals surface area contributed by atoms with Crippen LogP contribution in [0.5, 0.6) is 0 Å². The van der Waals surface area contributed by atoms with E-state index in [0.717, 1.165) is 12.1 Å². The van der Waals surface area contributed by atoms with Gasteiger partial charge in [0.25, 0.3) is 5.91 Å². The number of hydrogen-bond donors (Lipinski definition) is 2. The molecule has 1 aromatic rings. The van der Waals surface area contributed by atoms with E-state index in [1.807, 2.05) is 27.7 Å². The molecule has 0 heterocycles. The number of carbonyl (C=O) groups is 1. The third kappa shape index (κ3) is 3.92. The van der Waals surface area contributed by atoms with Crippen molar-refractivity contribution in [3.8, 4) is 0 Å². The molecule has 0 aromatic heterocycles. The Balaban J connectivity index is 2.95. The molecular weight excluding hydrogens is 262 g/mol. The van der Waals surface area contributed by atoms with E-state index in [-0.39, 0.29) is 22.7 Å². The molecule has 2 N–H and O–H groups in total. The highest BCUT2D eigenvalue weighted by Crippen LogP contribution is 2.22. The smallest absolute Gasteiger partial charge is 0.251 e. The predicted octanol–water partition coefficient (Wildman–Crippen LogP) is 3.56. The fraction of sp³-hybridized carbons (Fsp3) is 0.533. The van der Waals surface area contributed by atoms with Gasteiger partial charge in [-0.1, -0.05) is 20.8 Å². The van der Waals surface area contributed by atoms with Gasteiger partial charge >= 0.3 is 0 Å². The number of rotatable bonds is 4. The zero-order chi connectivity index (χ0) is 15.5. The molecule has 1 unspecified atom stereocenters. The summed E-state index contributed by atoms with van der Waals surface area (Å²) in [6.45, 7) is 9.94. The summed E-state index contributed by atoms with van der Waals surface area (Å²) in [6.07, 6.45) is 0. The largest absolute Gasteiger partial charge is 0.381 e. The van der Waals surface area contributed by atoms with Crippen molar-refractivity contribution in [1.82, 2.24) is 5.32 Å². The molecule has 0 saturated carbocycles. The Bertz CT molecular complexity index is 472. The summed E-state index contributed by atoms with van der Waals surface area (Å²) >= 11 is 0. The lowest BCUT2D eigenvalue weighted by Gasteiger charge is -2.28. The van der Waals surface area contributed by atoms with E-state index in [9.17, 15) is 13.6 Å². The summed E-state index contributed by atoms with van der Waals surface area (Å²) < 4.78 is 27.5. The Labute approximate surface area is 118 Å². The molecule has 1 atom stereocenters. The SMILES string of the molecule is CCNc1c(F)cc(C(=O)NC(C)C(C)(C)C)cc1F. The molecular formula is C15H22F2N2O. The van der Waals surface area contributed by atoms with E-state index >= 15 is 0 Å². The van der Waals surface area contributed by atoms with Crippen molar-refractivity contribution in [2.24, 2.45) is 5.41 Å². The molecule has 0 aliphatic heterocycles. The van der Waals surface area contributed by atoms with Crippen LogP contribution in [-0.2, 0) is 0 Å². The Morgan fingerprint density at radius 2 is 1.75 bits per heavy atom. The maximum absolute atomic E-state index is 13.7. The number of nitrogens with one attached hydrogen (secondary N) is 2. The van der Waals surface area contributed by atoms with Crippen LogP contribution in [0.2, 0.25) is 0 Å². The molecule has 1 aromatic carbocycles. The van der Waals surface area contributed by atoms with Crippen molar-refractivity contribution in [3.05, 3.63) is 29.3 Å². The first-order valence-electron chi connectivity index (χ1n) is 6.70. The molecule has 5 heteroatoms. The normalized spacial score (nSPS) is 12.9. The van der Waals surface area contributed by atoms with Crippen LogP contribution >= 0.6 is 0 Å². The Hall–Kier alpha value is -1.65. The van der Waals surface area contributed by atoms with Crippen molar-refractivity contribution in [3.63, 3.8) is 0 Å². The molecule has 20 heavy (non-hydrogen) atoms. The Kier molecular flexibility index (Phi) is 5.09. The van der Waals surface area contributed by atoms with Gasteiger partial charge in [-0.15, -0.1) is 0 Å². The third-order valence-electron chi connectivity index (χ3n) is 3.30. The molecule has 0 aliphatic rings. The van der Waals surface area contributed by atoms with Gasteiger partial charge < -0.3 is 10.6 Å². The second-order valence-electron chi connectivity index (χ2n) is 5.91. The van der Waals surface area contributed by atoms with Crippen LogP contribution in [0, 0.1) is 17.0 Å². The van der Waals surface area contributed by atoms with Crippen LogP contribution < -0.4 is 10.6 Å². The van der Waals surface area contributed by atoms with Crippen molar-refractivity contribution in [2.75, 3.05) is 11.9 Å². The van der Waals surface area contributed by atoms with Crippen LogP contribution in [0.3, 0.4) is 0 Å². The number of benzene rings is 1. The van der Waals surface area contributed by atoms with E-state index in [4.69, 9.17) is 0 Å². The second kappa shape index (κ2) is 6.20. The number of anilines is 1. The lowest BCUT2D eigenvalue weighted by molar-refractivity contribution is 0.0909. The highest BCUT2D eigenvalue weighted by Gasteiger charge is 2.23. The molecule has 0 fully saturated rings. The summed E-state index contributed by atoms with van der Waals surface area (Å²) in [5.74, 6) is -2.01. The monoisotopic (exact) mass is 284 g/mol. The quantitative estimate of drug-likeness (QED) is 0.887. The van der Waals surface area contributed by atoms with Gasteiger partial charge in [0.1, 0.15) is 17.3 Å². The molecule has 1 amide bonds. The Morgan fingerprint density at radius 1 is 1.25 bits per heavy atom. The first-order chi connectivity index (χ1) is 9.16. The van der Waals surface area contributed by atoms with Crippen molar-refractivity contribution in [2.45, 2.75) is 40.7 Å². The maximum Gasteiger partial charge on any atom is 0.251 e. The van der Waals surface area contributed by atoms with Gasteiger partial charge in [-0.05, 0) is 31.4 Å². The second-order valence-corrected chi connectivity index (χ2v) is 5.91. The van der Waals surface area contributed by atoms with Crippen molar-refractivity contribution >= 4 is 11.6 Å². The maximum atomic E-state index is 13.7. The fourth-order valence-corrected chi connectivity index (χ4v) is 1.55. The van der Waals surface area contributed by atoms with Gasteiger partial charge in [0.15, 0.2) is 0 Å². The summed E-state index contributed by atoms with van der Waals surface area (Å²) in [4.78, 5) is 12.0. The zero-order valence-corrected chi connectivity index (χ0v) is 12.6. The first kappa shape index (κ1) is 16.4. The fourth-order valence-electron chi connectivity index (χ4n) is 1.55.